The molecular formula is C18H14ClN3O2S. The molecule has 0 spiro atoms. The standard InChI is InChI=1S/C18H14ClN3O2S/c1-10-11(2)25-18-16(10)17(20-9-21-18)23-8-14-7-15(22-24-14)12-3-5-13(19)6-4-12/h3-7,9H,8H2,1-2H3. The van der Waals surface area contributed by atoms with E-state index in [2.05, 4.69) is 29.0 Å². The monoisotopic (exact) mass is 371 g/mol. The topological polar surface area (TPSA) is 61.0 Å². The van der Waals surface area contributed by atoms with Crippen LogP contribution in [0.3, 0.4) is 0 Å². The molecule has 3 aromatic heterocycles. The van der Waals surface area contributed by atoms with Crippen LogP contribution in [0.1, 0.15) is 16.2 Å². The molecule has 0 N–H and O–H groups in total. The summed E-state index contributed by atoms with van der Waals surface area (Å²) in [6.07, 6.45) is 1.52. The zero-order valence-corrected chi connectivity index (χ0v) is 15.2. The first-order valence-corrected chi connectivity index (χ1v) is 8.86. The molecule has 1 aromatic carbocycles. The molecule has 0 saturated carbocycles. The smallest absolute Gasteiger partial charge is 0.226 e. The summed E-state index contributed by atoms with van der Waals surface area (Å²) < 4.78 is 11.2. The molecule has 0 fully saturated rings. The molecule has 3 heterocycles. The Morgan fingerprint density at radius 2 is 1.96 bits per heavy atom. The van der Waals surface area contributed by atoms with E-state index >= 15 is 0 Å². The van der Waals surface area contributed by atoms with Crippen LogP contribution in [0, 0.1) is 13.8 Å². The number of hydrogen-bond donors (Lipinski definition) is 0. The summed E-state index contributed by atoms with van der Waals surface area (Å²) in [6, 6.07) is 9.29. The molecule has 0 atom stereocenters. The Morgan fingerprint density at radius 1 is 1.16 bits per heavy atom. The van der Waals surface area contributed by atoms with E-state index in [1.165, 1.54) is 11.2 Å². The number of ether oxygens (including phenoxy) is 1. The van der Waals surface area contributed by atoms with Crippen LogP contribution in [0.25, 0.3) is 21.5 Å². The van der Waals surface area contributed by atoms with Crippen molar-refractivity contribution in [1.29, 1.82) is 0 Å². The Morgan fingerprint density at radius 3 is 2.76 bits per heavy atom. The first kappa shape index (κ1) is 16.1. The number of aromatic nitrogens is 3. The van der Waals surface area contributed by atoms with E-state index in [1.54, 1.807) is 11.3 Å². The minimum absolute atomic E-state index is 0.251. The van der Waals surface area contributed by atoms with Crippen molar-refractivity contribution in [3.05, 3.63) is 57.9 Å². The molecule has 7 heteroatoms. The molecule has 0 amide bonds. The molecule has 25 heavy (non-hydrogen) atoms. The van der Waals surface area contributed by atoms with E-state index in [-0.39, 0.29) is 6.61 Å². The van der Waals surface area contributed by atoms with Gasteiger partial charge in [-0.2, -0.15) is 0 Å². The summed E-state index contributed by atoms with van der Waals surface area (Å²) >= 11 is 7.55. The van der Waals surface area contributed by atoms with Crippen molar-refractivity contribution in [2.45, 2.75) is 20.5 Å². The predicted molar refractivity (Wildman–Crippen MR) is 98.2 cm³/mol. The van der Waals surface area contributed by atoms with Crippen LogP contribution in [-0.4, -0.2) is 15.1 Å². The van der Waals surface area contributed by atoms with Gasteiger partial charge in [-0.25, -0.2) is 9.97 Å². The fourth-order valence-electron chi connectivity index (χ4n) is 2.54. The Bertz CT molecular complexity index is 1040. The van der Waals surface area contributed by atoms with E-state index in [1.807, 2.05) is 30.3 Å². The first-order chi connectivity index (χ1) is 12.1. The Labute approximate surface area is 153 Å². The number of rotatable bonds is 4. The van der Waals surface area contributed by atoms with Crippen LogP contribution in [0.2, 0.25) is 5.02 Å². The van der Waals surface area contributed by atoms with Gasteiger partial charge in [0.05, 0.1) is 5.39 Å². The number of thiophene rings is 1. The van der Waals surface area contributed by atoms with Crippen molar-refractivity contribution in [2.24, 2.45) is 0 Å². The van der Waals surface area contributed by atoms with E-state index in [9.17, 15) is 0 Å². The van der Waals surface area contributed by atoms with Gasteiger partial charge in [0.1, 0.15) is 16.9 Å². The molecule has 0 aliphatic heterocycles. The molecule has 0 aliphatic rings. The van der Waals surface area contributed by atoms with Gasteiger partial charge in [0.2, 0.25) is 5.88 Å². The fourth-order valence-corrected chi connectivity index (χ4v) is 3.65. The van der Waals surface area contributed by atoms with E-state index in [0.717, 1.165) is 27.0 Å². The van der Waals surface area contributed by atoms with Gasteiger partial charge in [-0.15, -0.1) is 11.3 Å². The molecule has 4 aromatic rings. The predicted octanol–water partition coefficient (Wildman–Crippen LogP) is 5.20. The van der Waals surface area contributed by atoms with Gasteiger partial charge in [-0.1, -0.05) is 28.9 Å². The zero-order valence-electron chi connectivity index (χ0n) is 13.6. The highest BCUT2D eigenvalue weighted by Crippen LogP contribution is 2.34. The average Bonchev–Trinajstić information content (AvgIpc) is 3.19. The number of nitrogens with zero attached hydrogens (tertiary/aromatic N) is 3. The van der Waals surface area contributed by atoms with Gasteiger partial charge in [0.25, 0.3) is 0 Å². The molecular weight excluding hydrogens is 358 g/mol. The molecule has 0 aliphatic carbocycles. The van der Waals surface area contributed by atoms with Crippen molar-refractivity contribution in [3.8, 4) is 17.1 Å². The number of halogens is 1. The zero-order chi connectivity index (χ0) is 17.4. The van der Waals surface area contributed by atoms with E-state index < -0.39 is 0 Å². The van der Waals surface area contributed by atoms with Gasteiger partial charge in [0, 0.05) is 21.5 Å². The minimum atomic E-state index is 0.251. The van der Waals surface area contributed by atoms with Crippen LogP contribution in [0.15, 0.2) is 41.2 Å². The van der Waals surface area contributed by atoms with Crippen molar-refractivity contribution in [2.75, 3.05) is 0 Å². The van der Waals surface area contributed by atoms with E-state index in [4.69, 9.17) is 20.9 Å². The molecule has 0 saturated heterocycles. The van der Waals surface area contributed by atoms with Crippen LogP contribution in [0.5, 0.6) is 5.88 Å². The van der Waals surface area contributed by atoms with Gasteiger partial charge < -0.3 is 9.26 Å². The third-order valence-electron chi connectivity index (χ3n) is 3.98. The second-order valence-electron chi connectivity index (χ2n) is 5.62. The maximum absolute atomic E-state index is 5.91. The van der Waals surface area contributed by atoms with Gasteiger partial charge >= 0.3 is 0 Å². The van der Waals surface area contributed by atoms with Crippen LogP contribution >= 0.6 is 22.9 Å². The minimum Gasteiger partial charge on any atom is -0.469 e. The Kier molecular flexibility index (Phi) is 4.15. The summed E-state index contributed by atoms with van der Waals surface area (Å²) in [5.41, 5.74) is 2.83. The maximum Gasteiger partial charge on any atom is 0.226 e. The number of benzene rings is 1. The maximum atomic E-state index is 5.91. The lowest BCUT2D eigenvalue weighted by atomic mass is 10.1. The SMILES string of the molecule is Cc1sc2ncnc(OCc3cc(-c4ccc(Cl)cc4)no3)c2c1C. The third-order valence-corrected chi connectivity index (χ3v) is 5.35. The lowest BCUT2D eigenvalue weighted by molar-refractivity contribution is 0.244. The lowest BCUT2D eigenvalue weighted by Gasteiger charge is -2.04. The van der Waals surface area contributed by atoms with Crippen LogP contribution in [0.4, 0.5) is 0 Å². The highest BCUT2D eigenvalue weighted by molar-refractivity contribution is 7.18. The largest absolute Gasteiger partial charge is 0.469 e. The average molecular weight is 372 g/mol. The molecule has 0 unspecified atom stereocenters. The summed E-state index contributed by atoms with van der Waals surface area (Å²) in [5.74, 6) is 1.19. The number of hydrogen-bond acceptors (Lipinski definition) is 6. The van der Waals surface area contributed by atoms with Crippen LogP contribution < -0.4 is 4.74 Å². The van der Waals surface area contributed by atoms with Crippen molar-refractivity contribution >= 4 is 33.2 Å². The highest BCUT2D eigenvalue weighted by Gasteiger charge is 2.14. The number of fused-ring (bicyclic) bond motifs is 1. The summed E-state index contributed by atoms with van der Waals surface area (Å²) in [6.45, 7) is 4.37. The molecule has 0 radical (unpaired) electrons. The number of aryl methyl sites for hydroxylation is 2. The second-order valence-corrected chi connectivity index (χ2v) is 7.26. The normalized spacial score (nSPS) is 11.2. The highest BCUT2D eigenvalue weighted by atomic mass is 35.5. The summed E-state index contributed by atoms with van der Waals surface area (Å²) in [7, 11) is 0. The summed E-state index contributed by atoms with van der Waals surface area (Å²) in [5, 5.41) is 5.73. The molecule has 4 rings (SSSR count). The molecule has 126 valence electrons. The van der Waals surface area contributed by atoms with Crippen molar-refractivity contribution in [1.82, 2.24) is 15.1 Å². The lowest BCUT2D eigenvalue weighted by Crippen LogP contribution is -1.97. The Balaban J connectivity index is 1.55. The van der Waals surface area contributed by atoms with Crippen LogP contribution in [-0.2, 0) is 6.61 Å². The first-order valence-electron chi connectivity index (χ1n) is 7.67. The molecule has 0 bridgehead atoms. The summed E-state index contributed by atoms with van der Waals surface area (Å²) in [4.78, 5) is 10.7. The second kappa shape index (κ2) is 6.46. The quantitative estimate of drug-likeness (QED) is 0.493. The third kappa shape index (κ3) is 3.10. The van der Waals surface area contributed by atoms with Gasteiger partial charge in [0.15, 0.2) is 12.4 Å². The van der Waals surface area contributed by atoms with E-state index in [0.29, 0.717) is 16.7 Å². The van der Waals surface area contributed by atoms with Gasteiger partial charge in [-0.3, -0.25) is 0 Å². The Hall–Kier alpha value is -2.44. The fraction of sp³-hybridized carbons (Fsp3) is 0.167. The van der Waals surface area contributed by atoms with Crippen molar-refractivity contribution in [3.63, 3.8) is 0 Å². The van der Waals surface area contributed by atoms with Crippen molar-refractivity contribution < 1.29 is 9.26 Å². The van der Waals surface area contributed by atoms with Gasteiger partial charge in [-0.05, 0) is 31.5 Å². The molecule has 5 nitrogen and oxygen atoms in total.